The van der Waals surface area contributed by atoms with Gasteiger partial charge in [0.1, 0.15) is 5.75 Å². The molecule has 1 N–H and O–H groups in total. The second-order valence-electron chi connectivity index (χ2n) is 6.11. The molecule has 2 amide bonds. The predicted octanol–water partition coefficient (Wildman–Crippen LogP) is 4.08. The summed E-state index contributed by atoms with van der Waals surface area (Å²) < 4.78 is 40.7. The topological polar surface area (TPSA) is 75.3 Å². The fourth-order valence-electron chi connectivity index (χ4n) is 3.09. The molecule has 3 aromatic rings. The molecule has 1 aliphatic heterocycles. The molecule has 1 aromatic heterocycles. The number of benzene rings is 2. The van der Waals surface area contributed by atoms with Crippen molar-refractivity contribution in [1.29, 1.82) is 0 Å². The van der Waals surface area contributed by atoms with Gasteiger partial charge in [0.25, 0.3) is 11.8 Å². The molecule has 2 heterocycles. The summed E-state index contributed by atoms with van der Waals surface area (Å²) in [6, 6.07) is 11.7. The molecule has 0 radical (unpaired) electrons. The Morgan fingerprint density at radius 1 is 0.964 bits per heavy atom. The lowest BCUT2D eigenvalue weighted by molar-refractivity contribution is -0.274. The SMILES string of the molecule is Cc1c(N2C(=O)c3ccccc3C2=O)n[nH]c1-c1ccc(OC(F)(F)F)cc1. The fourth-order valence-corrected chi connectivity index (χ4v) is 3.09. The summed E-state index contributed by atoms with van der Waals surface area (Å²) >= 11 is 0. The molecular weight excluding hydrogens is 375 g/mol. The number of halogens is 3. The predicted molar refractivity (Wildman–Crippen MR) is 93.0 cm³/mol. The van der Waals surface area contributed by atoms with Crippen LogP contribution in [0, 0.1) is 6.92 Å². The smallest absolute Gasteiger partial charge is 0.406 e. The van der Waals surface area contributed by atoms with E-state index in [9.17, 15) is 22.8 Å². The van der Waals surface area contributed by atoms with Crippen LogP contribution in [0.5, 0.6) is 5.75 Å². The number of aromatic nitrogens is 2. The van der Waals surface area contributed by atoms with Gasteiger partial charge in [-0.2, -0.15) is 5.10 Å². The van der Waals surface area contributed by atoms with Gasteiger partial charge in [0.05, 0.1) is 16.8 Å². The summed E-state index contributed by atoms with van der Waals surface area (Å²) in [5.41, 5.74) is 2.11. The number of carbonyl (C=O) groups is 2. The maximum absolute atomic E-state index is 12.6. The lowest BCUT2D eigenvalue weighted by Crippen LogP contribution is -2.30. The summed E-state index contributed by atoms with van der Waals surface area (Å²) in [7, 11) is 0. The number of amides is 2. The minimum absolute atomic E-state index is 0.150. The van der Waals surface area contributed by atoms with Crippen molar-refractivity contribution in [3.63, 3.8) is 0 Å². The van der Waals surface area contributed by atoms with Gasteiger partial charge in [-0.05, 0) is 43.3 Å². The largest absolute Gasteiger partial charge is 0.573 e. The number of fused-ring (bicyclic) bond motifs is 1. The van der Waals surface area contributed by atoms with Gasteiger partial charge in [0.2, 0.25) is 0 Å². The molecule has 6 nitrogen and oxygen atoms in total. The summed E-state index contributed by atoms with van der Waals surface area (Å²) in [6.45, 7) is 1.66. The van der Waals surface area contributed by atoms with Gasteiger partial charge in [0.15, 0.2) is 5.82 Å². The molecule has 0 aliphatic carbocycles. The molecule has 9 heteroatoms. The zero-order valence-electron chi connectivity index (χ0n) is 14.4. The van der Waals surface area contributed by atoms with E-state index in [0.717, 1.165) is 4.90 Å². The number of rotatable bonds is 3. The van der Waals surface area contributed by atoms with Gasteiger partial charge in [-0.15, -0.1) is 13.2 Å². The average Bonchev–Trinajstić information content (AvgIpc) is 3.13. The molecule has 28 heavy (non-hydrogen) atoms. The quantitative estimate of drug-likeness (QED) is 0.687. The van der Waals surface area contributed by atoms with Crippen molar-refractivity contribution in [2.24, 2.45) is 0 Å². The van der Waals surface area contributed by atoms with Crippen LogP contribution in [0.3, 0.4) is 0 Å². The van der Waals surface area contributed by atoms with Crippen LogP contribution in [0.2, 0.25) is 0 Å². The summed E-state index contributed by atoms with van der Waals surface area (Å²) in [4.78, 5) is 26.2. The minimum atomic E-state index is -4.77. The second kappa shape index (κ2) is 6.22. The Kier molecular flexibility index (Phi) is 3.95. The van der Waals surface area contributed by atoms with E-state index in [1.54, 1.807) is 31.2 Å². The second-order valence-corrected chi connectivity index (χ2v) is 6.11. The molecule has 0 unspecified atom stereocenters. The van der Waals surface area contributed by atoms with Crippen molar-refractivity contribution in [3.05, 3.63) is 65.2 Å². The maximum atomic E-state index is 12.6. The summed E-state index contributed by atoms with van der Waals surface area (Å²) in [6.07, 6.45) is -4.77. The van der Waals surface area contributed by atoms with Crippen LogP contribution in [0.25, 0.3) is 11.3 Å². The molecule has 2 aromatic carbocycles. The first-order chi connectivity index (χ1) is 13.3. The number of nitrogens with one attached hydrogen (secondary N) is 1. The van der Waals surface area contributed by atoms with Crippen molar-refractivity contribution >= 4 is 17.6 Å². The lowest BCUT2D eigenvalue weighted by Gasteiger charge is -2.12. The number of hydrogen-bond acceptors (Lipinski definition) is 4. The van der Waals surface area contributed by atoms with E-state index in [0.29, 0.717) is 27.9 Å². The van der Waals surface area contributed by atoms with Crippen LogP contribution in [-0.4, -0.2) is 28.4 Å². The van der Waals surface area contributed by atoms with Gasteiger partial charge >= 0.3 is 6.36 Å². The lowest BCUT2D eigenvalue weighted by atomic mass is 10.1. The number of H-pyrrole nitrogens is 1. The number of anilines is 1. The monoisotopic (exact) mass is 387 g/mol. The zero-order chi connectivity index (χ0) is 20.1. The number of ether oxygens (including phenoxy) is 1. The number of hydrogen-bond donors (Lipinski definition) is 1. The van der Waals surface area contributed by atoms with Crippen LogP contribution in [0.4, 0.5) is 19.0 Å². The number of alkyl halides is 3. The zero-order valence-corrected chi connectivity index (χ0v) is 14.4. The van der Waals surface area contributed by atoms with Crippen LogP contribution in [0.1, 0.15) is 26.3 Å². The first-order valence-corrected chi connectivity index (χ1v) is 8.15. The third kappa shape index (κ3) is 2.90. The number of carbonyl (C=O) groups excluding carboxylic acids is 2. The van der Waals surface area contributed by atoms with Crippen molar-refractivity contribution in [2.75, 3.05) is 4.90 Å². The first kappa shape index (κ1) is 17.8. The van der Waals surface area contributed by atoms with E-state index < -0.39 is 18.2 Å². The van der Waals surface area contributed by atoms with Crippen LogP contribution in [0.15, 0.2) is 48.5 Å². The van der Waals surface area contributed by atoms with Crippen molar-refractivity contribution in [2.45, 2.75) is 13.3 Å². The Morgan fingerprint density at radius 3 is 2.07 bits per heavy atom. The van der Waals surface area contributed by atoms with E-state index in [4.69, 9.17) is 0 Å². The van der Waals surface area contributed by atoms with E-state index in [1.165, 1.54) is 24.3 Å². The standard InChI is InChI=1S/C19H12F3N3O3/c1-10-15(11-6-8-12(9-7-11)28-19(20,21)22)23-24-16(10)25-17(26)13-4-2-3-5-14(13)18(25)27/h2-9H,1H3,(H,23,24). The van der Waals surface area contributed by atoms with Crippen LogP contribution >= 0.6 is 0 Å². The molecule has 1 aliphatic rings. The number of aromatic amines is 1. The van der Waals surface area contributed by atoms with Crippen LogP contribution < -0.4 is 9.64 Å². The van der Waals surface area contributed by atoms with Gasteiger partial charge in [-0.3, -0.25) is 14.7 Å². The Labute approximate surface area is 156 Å². The molecule has 0 bridgehead atoms. The molecule has 0 fully saturated rings. The number of imide groups is 1. The first-order valence-electron chi connectivity index (χ1n) is 8.15. The van der Waals surface area contributed by atoms with Crippen LogP contribution in [-0.2, 0) is 0 Å². The van der Waals surface area contributed by atoms with Gasteiger partial charge in [0, 0.05) is 11.1 Å². The summed E-state index contributed by atoms with van der Waals surface area (Å²) in [5, 5.41) is 6.83. The van der Waals surface area contributed by atoms with E-state index in [-0.39, 0.29) is 11.6 Å². The molecule has 0 saturated heterocycles. The highest BCUT2D eigenvalue weighted by atomic mass is 19.4. The van der Waals surface area contributed by atoms with E-state index in [2.05, 4.69) is 14.9 Å². The highest BCUT2D eigenvalue weighted by molar-refractivity contribution is 6.34. The molecule has 0 spiro atoms. The average molecular weight is 387 g/mol. The fraction of sp³-hybridized carbons (Fsp3) is 0.105. The molecule has 0 saturated carbocycles. The van der Waals surface area contributed by atoms with Crippen molar-refractivity contribution in [1.82, 2.24) is 10.2 Å². The van der Waals surface area contributed by atoms with Gasteiger partial charge in [-0.1, -0.05) is 12.1 Å². The molecule has 0 atom stereocenters. The highest BCUT2D eigenvalue weighted by Crippen LogP contribution is 2.34. The third-order valence-corrected chi connectivity index (χ3v) is 4.37. The van der Waals surface area contributed by atoms with E-state index >= 15 is 0 Å². The minimum Gasteiger partial charge on any atom is -0.406 e. The van der Waals surface area contributed by atoms with Gasteiger partial charge < -0.3 is 4.74 Å². The molecular formula is C19H12F3N3O3. The highest BCUT2D eigenvalue weighted by Gasteiger charge is 2.38. The van der Waals surface area contributed by atoms with Crippen molar-refractivity contribution < 1.29 is 27.5 Å². The Bertz CT molecular complexity index is 1050. The normalized spacial score (nSPS) is 13.8. The Balaban J connectivity index is 1.66. The van der Waals surface area contributed by atoms with E-state index in [1.807, 2.05) is 0 Å². The Hall–Kier alpha value is -3.62. The van der Waals surface area contributed by atoms with Gasteiger partial charge in [-0.25, -0.2) is 4.90 Å². The maximum Gasteiger partial charge on any atom is 0.573 e. The summed E-state index contributed by atoms with van der Waals surface area (Å²) in [5.74, 6) is -1.16. The Morgan fingerprint density at radius 2 is 1.54 bits per heavy atom. The van der Waals surface area contributed by atoms with Crippen molar-refractivity contribution in [3.8, 4) is 17.0 Å². The molecule has 4 rings (SSSR count). The molecule has 142 valence electrons. The third-order valence-electron chi connectivity index (χ3n) is 4.37. The number of nitrogens with zero attached hydrogens (tertiary/aromatic N) is 2.